The number of rotatable bonds is 6. The molecule has 2 atom stereocenters. The highest BCUT2D eigenvalue weighted by Crippen LogP contribution is 2.26. The molecule has 0 spiro atoms. The van der Waals surface area contributed by atoms with Gasteiger partial charge in [-0.15, -0.1) is 11.3 Å². The number of hydrogen-bond donors (Lipinski definition) is 1. The van der Waals surface area contributed by atoms with Crippen molar-refractivity contribution >= 4 is 23.2 Å². The standard InChI is InChI=1S/C19H22N2O4S/c1-3-12-4-6-13(7-5-12)18-20-14(11-26-18)8-17(22)21-10-15(25-2)9-16(21)19(23)24/h4-7,11,15-16H,3,8-10H2,1-2H3,(H,23,24). The number of aryl methyl sites for hydroxylation is 1. The fourth-order valence-electron chi connectivity index (χ4n) is 3.14. The van der Waals surface area contributed by atoms with E-state index in [4.69, 9.17) is 4.74 Å². The molecule has 1 aliphatic heterocycles. The molecule has 1 saturated heterocycles. The first-order valence-corrected chi connectivity index (χ1v) is 9.48. The van der Waals surface area contributed by atoms with Crippen LogP contribution >= 0.6 is 11.3 Å². The molecule has 1 amide bonds. The van der Waals surface area contributed by atoms with Gasteiger partial charge in [0.05, 0.1) is 18.2 Å². The SMILES string of the molecule is CCc1ccc(-c2nc(CC(=O)N3CC(OC)CC3C(=O)O)cs2)cc1. The van der Waals surface area contributed by atoms with Crippen LogP contribution in [0, 0.1) is 0 Å². The van der Waals surface area contributed by atoms with Gasteiger partial charge in [0.25, 0.3) is 0 Å². The smallest absolute Gasteiger partial charge is 0.326 e. The van der Waals surface area contributed by atoms with Crippen molar-refractivity contribution in [1.82, 2.24) is 9.88 Å². The van der Waals surface area contributed by atoms with E-state index in [1.165, 1.54) is 28.9 Å². The summed E-state index contributed by atoms with van der Waals surface area (Å²) in [7, 11) is 1.54. The summed E-state index contributed by atoms with van der Waals surface area (Å²) < 4.78 is 5.23. The van der Waals surface area contributed by atoms with Gasteiger partial charge in [-0.3, -0.25) is 4.79 Å². The van der Waals surface area contributed by atoms with Gasteiger partial charge in [-0.05, 0) is 12.0 Å². The Labute approximate surface area is 156 Å². The molecule has 2 unspecified atom stereocenters. The van der Waals surface area contributed by atoms with Crippen LogP contribution in [-0.2, 0) is 27.2 Å². The Bertz CT molecular complexity index is 787. The average molecular weight is 374 g/mol. The molecule has 0 saturated carbocycles. The molecule has 1 aromatic carbocycles. The molecule has 1 aliphatic rings. The molecule has 1 N–H and O–H groups in total. The van der Waals surface area contributed by atoms with Gasteiger partial charge in [0.15, 0.2) is 0 Å². The summed E-state index contributed by atoms with van der Waals surface area (Å²) in [5.41, 5.74) is 2.96. The van der Waals surface area contributed by atoms with Crippen molar-refractivity contribution in [3.8, 4) is 10.6 Å². The third kappa shape index (κ3) is 3.94. The minimum absolute atomic E-state index is 0.101. The van der Waals surface area contributed by atoms with Crippen LogP contribution in [0.5, 0.6) is 0 Å². The summed E-state index contributed by atoms with van der Waals surface area (Å²) in [6.45, 7) is 2.42. The number of thiazole rings is 1. The topological polar surface area (TPSA) is 79.7 Å². The number of hydrogen-bond acceptors (Lipinski definition) is 5. The molecule has 1 fully saturated rings. The van der Waals surface area contributed by atoms with Crippen molar-refractivity contribution in [2.75, 3.05) is 13.7 Å². The van der Waals surface area contributed by atoms with E-state index in [9.17, 15) is 14.7 Å². The molecule has 0 aliphatic carbocycles. The number of carbonyl (C=O) groups excluding carboxylic acids is 1. The van der Waals surface area contributed by atoms with Gasteiger partial charge in [-0.1, -0.05) is 31.2 Å². The van der Waals surface area contributed by atoms with Crippen LogP contribution in [0.15, 0.2) is 29.6 Å². The van der Waals surface area contributed by atoms with E-state index in [1.54, 1.807) is 0 Å². The lowest BCUT2D eigenvalue weighted by Gasteiger charge is -2.20. The van der Waals surface area contributed by atoms with Crippen LogP contribution in [0.4, 0.5) is 0 Å². The number of nitrogens with zero attached hydrogens (tertiary/aromatic N) is 2. The van der Waals surface area contributed by atoms with Crippen molar-refractivity contribution in [1.29, 1.82) is 0 Å². The van der Waals surface area contributed by atoms with Crippen LogP contribution in [0.25, 0.3) is 10.6 Å². The van der Waals surface area contributed by atoms with Crippen molar-refractivity contribution in [2.24, 2.45) is 0 Å². The number of amides is 1. The Hall–Kier alpha value is -2.25. The van der Waals surface area contributed by atoms with Gasteiger partial charge in [-0.2, -0.15) is 0 Å². The van der Waals surface area contributed by atoms with Gasteiger partial charge < -0.3 is 14.7 Å². The Balaban J connectivity index is 1.70. The van der Waals surface area contributed by atoms with E-state index in [2.05, 4.69) is 24.0 Å². The third-order valence-electron chi connectivity index (χ3n) is 4.69. The predicted molar refractivity (Wildman–Crippen MR) is 99.2 cm³/mol. The van der Waals surface area contributed by atoms with Crippen LogP contribution in [0.1, 0.15) is 24.6 Å². The number of ether oxygens (including phenoxy) is 1. The van der Waals surface area contributed by atoms with Crippen LogP contribution in [0.3, 0.4) is 0 Å². The highest BCUT2D eigenvalue weighted by molar-refractivity contribution is 7.13. The zero-order chi connectivity index (χ0) is 18.7. The second-order valence-corrected chi connectivity index (χ2v) is 7.22. The van der Waals surface area contributed by atoms with E-state index in [1.807, 2.05) is 17.5 Å². The number of carboxylic acids is 1. The minimum atomic E-state index is -0.993. The zero-order valence-electron chi connectivity index (χ0n) is 14.8. The van der Waals surface area contributed by atoms with Crippen LogP contribution in [-0.4, -0.2) is 52.7 Å². The number of methoxy groups -OCH3 is 1. The molecule has 7 heteroatoms. The summed E-state index contributed by atoms with van der Waals surface area (Å²) in [5.74, 6) is -1.22. The molecular formula is C19H22N2O4S. The van der Waals surface area contributed by atoms with Crippen LogP contribution in [0.2, 0.25) is 0 Å². The molecule has 3 rings (SSSR count). The Kier molecular flexibility index (Phi) is 5.68. The highest BCUT2D eigenvalue weighted by Gasteiger charge is 2.39. The van der Waals surface area contributed by atoms with E-state index in [-0.39, 0.29) is 18.4 Å². The molecular weight excluding hydrogens is 352 g/mol. The first kappa shape index (κ1) is 18.5. The normalized spacial score (nSPS) is 19.7. The zero-order valence-corrected chi connectivity index (χ0v) is 15.7. The van der Waals surface area contributed by atoms with Crippen molar-refractivity contribution in [3.63, 3.8) is 0 Å². The van der Waals surface area contributed by atoms with Crippen molar-refractivity contribution in [3.05, 3.63) is 40.9 Å². The maximum atomic E-state index is 12.6. The molecule has 2 heterocycles. The van der Waals surface area contributed by atoms with E-state index in [0.717, 1.165) is 17.0 Å². The largest absolute Gasteiger partial charge is 0.480 e. The number of aliphatic carboxylic acids is 1. The quantitative estimate of drug-likeness (QED) is 0.841. The molecule has 0 bridgehead atoms. The third-order valence-corrected chi connectivity index (χ3v) is 5.63. The lowest BCUT2D eigenvalue weighted by molar-refractivity contribution is -0.148. The number of carbonyl (C=O) groups is 2. The van der Waals surface area contributed by atoms with Crippen molar-refractivity contribution in [2.45, 2.75) is 38.3 Å². The minimum Gasteiger partial charge on any atom is -0.480 e. The van der Waals surface area contributed by atoms with E-state index < -0.39 is 12.0 Å². The van der Waals surface area contributed by atoms with Gasteiger partial charge >= 0.3 is 5.97 Å². The molecule has 2 aromatic rings. The summed E-state index contributed by atoms with van der Waals surface area (Å²) in [4.78, 5) is 29.9. The lowest BCUT2D eigenvalue weighted by atomic mass is 10.1. The molecule has 6 nitrogen and oxygen atoms in total. The Morgan fingerprint density at radius 1 is 1.35 bits per heavy atom. The summed E-state index contributed by atoms with van der Waals surface area (Å²) in [5, 5.41) is 12.1. The maximum Gasteiger partial charge on any atom is 0.326 e. The monoisotopic (exact) mass is 374 g/mol. The fraction of sp³-hybridized carbons (Fsp3) is 0.421. The molecule has 26 heavy (non-hydrogen) atoms. The van der Waals surface area contributed by atoms with E-state index >= 15 is 0 Å². The van der Waals surface area contributed by atoms with Gasteiger partial charge in [0, 0.05) is 31.0 Å². The fourth-order valence-corrected chi connectivity index (χ4v) is 3.96. The number of aromatic nitrogens is 1. The maximum absolute atomic E-state index is 12.6. The van der Waals surface area contributed by atoms with Gasteiger partial charge in [0.1, 0.15) is 11.0 Å². The summed E-state index contributed by atoms with van der Waals surface area (Å²) in [6.07, 6.45) is 1.18. The first-order valence-electron chi connectivity index (χ1n) is 8.60. The second kappa shape index (κ2) is 7.97. The first-order chi connectivity index (χ1) is 12.5. The predicted octanol–water partition coefficient (Wildman–Crippen LogP) is 2.62. The Morgan fingerprint density at radius 3 is 2.69 bits per heavy atom. The highest BCUT2D eigenvalue weighted by atomic mass is 32.1. The Morgan fingerprint density at radius 2 is 2.08 bits per heavy atom. The lowest BCUT2D eigenvalue weighted by Crippen LogP contribution is -2.41. The molecule has 1 aromatic heterocycles. The number of carboxylic acid groups (broad SMARTS) is 1. The summed E-state index contributed by atoms with van der Waals surface area (Å²) in [6, 6.07) is 7.40. The molecule has 0 radical (unpaired) electrons. The van der Waals surface area contributed by atoms with Gasteiger partial charge in [-0.25, -0.2) is 9.78 Å². The molecule has 138 valence electrons. The average Bonchev–Trinajstić information content (AvgIpc) is 3.28. The number of likely N-dealkylation sites (tertiary alicyclic amines) is 1. The summed E-state index contributed by atoms with van der Waals surface area (Å²) >= 11 is 1.49. The van der Waals surface area contributed by atoms with E-state index in [0.29, 0.717) is 18.7 Å². The van der Waals surface area contributed by atoms with Gasteiger partial charge in [0.2, 0.25) is 5.91 Å². The van der Waals surface area contributed by atoms with Crippen LogP contribution < -0.4 is 0 Å². The van der Waals surface area contributed by atoms with Crippen molar-refractivity contribution < 1.29 is 19.4 Å². The number of benzene rings is 1. The second-order valence-electron chi connectivity index (χ2n) is 6.36.